The average Bonchev–Trinajstić information content (AvgIpc) is 2.87. The molecule has 21 heavy (non-hydrogen) atoms. The number of carboxylic acids is 1. The molecule has 0 fully saturated rings. The fourth-order valence-corrected chi connectivity index (χ4v) is 2.42. The molecular weight excluding hydrogens is 288 g/mol. The number of aromatic carboxylic acids is 1. The maximum atomic E-state index is 11.4. The lowest BCUT2D eigenvalue weighted by Gasteiger charge is -2.04. The van der Waals surface area contributed by atoms with Crippen molar-refractivity contribution in [3.8, 4) is 16.9 Å². The molecule has 0 bridgehead atoms. The molecule has 3 rings (SSSR count). The molecule has 3 aromatic rings. The molecule has 0 aliphatic carbocycles. The van der Waals surface area contributed by atoms with Gasteiger partial charge in [0.05, 0.1) is 17.2 Å². The Kier molecular flexibility index (Phi) is 3.46. The molecule has 0 N–H and O–H groups in total. The molecule has 0 saturated heterocycles. The van der Waals surface area contributed by atoms with Gasteiger partial charge in [-0.25, -0.2) is 4.68 Å². The van der Waals surface area contributed by atoms with Crippen molar-refractivity contribution in [2.45, 2.75) is 0 Å². The van der Waals surface area contributed by atoms with Gasteiger partial charge in [-0.05, 0) is 12.1 Å². The van der Waals surface area contributed by atoms with Gasteiger partial charge in [-0.3, -0.25) is 0 Å². The molecule has 0 aliphatic rings. The van der Waals surface area contributed by atoms with Gasteiger partial charge in [-0.1, -0.05) is 60.1 Å². The molecule has 5 heteroatoms. The third-order valence-corrected chi connectivity index (χ3v) is 3.43. The summed E-state index contributed by atoms with van der Waals surface area (Å²) in [6.07, 6.45) is 0. The third-order valence-electron chi connectivity index (χ3n) is 3.08. The molecule has 2 aromatic carbocycles. The van der Waals surface area contributed by atoms with Crippen LogP contribution in [0.3, 0.4) is 0 Å². The zero-order valence-electron chi connectivity index (χ0n) is 10.9. The second-order valence-electron chi connectivity index (χ2n) is 4.42. The smallest absolute Gasteiger partial charge is 0.142 e. The first-order valence-corrected chi connectivity index (χ1v) is 6.67. The Bertz CT molecular complexity index is 783. The van der Waals surface area contributed by atoms with E-state index >= 15 is 0 Å². The lowest BCUT2D eigenvalue weighted by atomic mass is 10.1. The molecule has 0 amide bonds. The minimum atomic E-state index is -1.35. The predicted molar refractivity (Wildman–Crippen MR) is 78.3 cm³/mol. The van der Waals surface area contributed by atoms with Crippen LogP contribution in [-0.4, -0.2) is 15.7 Å². The van der Waals surface area contributed by atoms with E-state index in [4.69, 9.17) is 11.6 Å². The number of carboxylic acid groups (broad SMARTS) is 1. The summed E-state index contributed by atoms with van der Waals surface area (Å²) in [5.74, 6) is -1.35. The van der Waals surface area contributed by atoms with Crippen LogP contribution in [0.5, 0.6) is 0 Å². The fourth-order valence-electron chi connectivity index (χ4n) is 2.12. The first-order chi connectivity index (χ1) is 10.2. The third kappa shape index (κ3) is 2.41. The van der Waals surface area contributed by atoms with Crippen molar-refractivity contribution in [3.63, 3.8) is 0 Å². The van der Waals surface area contributed by atoms with Gasteiger partial charge in [0.1, 0.15) is 10.8 Å². The molecule has 1 heterocycles. The van der Waals surface area contributed by atoms with E-state index in [1.807, 2.05) is 36.4 Å². The molecule has 4 nitrogen and oxygen atoms in total. The number of hydrogen-bond acceptors (Lipinski definition) is 3. The Morgan fingerprint density at radius 3 is 2.14 bits per heavy atom. The van der Waals surface area contributed by atoms with Crippen LogP contribution in [0.1, 0.15) is 10.4 Å². The van der Waals surface area contributed by atoms with Gasteiger partial charge < -0.3 is 9.90 Å². The van der Waals surface area contributed by atoms with Crippen LogP contribution in [0.25, 0.3) is 16.9 Å². The molecular formula is C16H10ClN2O2-. The van der Waals surface area contributed by atoms with Crippen LogP contribution in [0, 0.1) is 0 Å². The number of benzene rings is 2. The van der Waals surface area contributed by atoms with Crippen LogP contribution in [0.4, 0.5) is 0 Å². The standard InChI is InChI=1S/C16H11ClN2O2/c17-15-13(16(20)21)14(11-7-3-1-4-8-11)18-19(15)12-9-5-2-6-10-12/h1-10H,(H,20,21)/p-1. The molecule has 0 spiro atoms. The van der Waals surface area contributed by atoms with Gasteiger partial charge in [0.2, 0.25) is 0 Å². The number of nitrogens with zero attached hydrogens (tertiary/aromatic N) is 2. The first-order valence-electron chi connectivity index (χ1n) is 6.29. The van der Waals surface area contributed by atoms with Gasteiger partial charge in [-0.2, -0.15) is 5.10 Å². The van der Waals surface area contributed by atoms with Crippen LogP contribution in [0.15, 0.2) is 60.7 Å². The highest BCUT2D eigenvalue weighted by Crippen LogP contribution is 2.30. The Hall–Kier alpha value is -2.59. The van der Waals surface area contributed by atoms with E-state index in [0.29, 0.717) is 16.9 Å². The highest BCUT2D eigenvalue weighted by molar-refractivity contribution is 6.33. The second-order valence-corrected chi connectivity index (χ2v) is 4.77. The van der Waals surface area contributed by atoms with Crippen molar-refractivity contribution < 1.29 is 9.90 Å². The largest absolute Gasteiger partial charge is 0.545 e. The van der Waals surface area contributed by atoms with Crippen LogP contribution in [-0.2, 0) is 0 Å². The maximum Gasteiger partial charge on any atom is 0.142 e. The fraction of sp³-hybridized carbons (Fsp3) is 0. The number of para-hydroxylation sites is 1. The van der Waals surface area contributed by atoms with Crippen molar-refractivity contribution >= 4 is 17.6 Å². The monoisotopic (exact) mass is 297 g/mol. The summed E-state index contributed by atoms with van der Waals surface area (Å²) in [4.78, 5) is 11.4. The van der Waals surface area contributed by atoms with E-state index in [1.165, 1.54) is 4.68 Å². The van der Waals surface area contributed by atoms with Crippen molar-refractivity contribution in [3.05, 3.63) is 71.4 Å². The Morgan fingerprint density at radius 1 is 1.00 bits per heavy atom. The van der Waals surface area contributed by atoms with E-state index in [1.54, 1.807) is 24.3 Å². The Labute approximate surface area is 126 Å². The molecule has 0 atom stereocenters. The van der Waals surface area contributed by atoms with E-state index in [2.05, 4.69) is 5.10 Å². The van der Waals surface area contributed by atoms with E-state index in [-0.39, 0.29) is 10.7 Å². The topological polar surface area (TPSA) is 57.9 Å². The van der Waals surface area contributed by atoms with Crippen molar-refractivity contribution in [2.75, 3.05) is 0 Å². The van der Waals surface area contributed by atoms with Gasteiger partial charge in [-0.15, -0.1) is 0 Å². The highest BCUT2D eigenvalue weighted by Gasteiger charge is 2.19. The molecule has 0 unspecified atom stereocenters. The van der Waals surface area contributed by atoms with Crippen molar-refractivity contribution in [1.82, 2.24) is 9.78 Å². The summed E-state index contributed by atoms with van der Waals surface area (Å²) in [6.45, 7) is 0. The SMILES string of the molecule is O=C([O-])c1c(-c2ccccc2)nn(-c2ccccc2)c1Cl. The minimum absolute atomic E-state index is 0.0278. The van der Waals surface area contributed by atoms with Crippen molar-refractivity contribution in [1.29, 1.82) is 0 Å². The highest BCUT2D eigenvalue weighted by atomic mass is 35.5. The van der Waals surface area contributed by atoms with E-state index in [0.717, 1.165) is 0 Å². The molecule has 0 aliphatic heterocycles. The Morgan fingerprint density at radius 2 is 1.57 bits per heavy atom. The average molecular weight is 298 g/mol. The van der Waals surface area contributed by atoms with Gasteiger partial charge in [0.25, 0.3) is 0 Å². The summed E-state index contributed by atoms with van der Waals surface area (Å²) in [5.41, 5.74) is 1.55. The summed E-state index contributed by atoms with van der Waals surface area (Å²) in [6, 6.07) is 18.1. The summed E-state index contributed by atoms with van der Waals surface area (Å²) in [5, 5.41) is 15.8. The van der Waals surface area contributed by atoms with Gasteiger partial charge in [0.15, 0.2) is 0 Å². The minimum Gasteiger partial charge on any atom is -0.545 e. The maximum absolute atomic E-state index is 11.4. The summed E-state index contributed by atoms with van der Waals surface area (Å²) in [7, 11) is 0. The van der Waals surface area contributed by atoms with Crippen LogP contribution in [0.2, 0.25) is 5.15 Å². The zero-order chi connectivity index (χ0) is 14.8. The number of hydrogen-bond donors (Lipinski definition) is 0. The summed E-state index contributed by atoms with van der Waals surface area (Å²) >= 11 is 6.19. The normalized spacial score (nSPS) is 10.5. The number of aromatic nitrogens is 2. The number of rotatable bonds is 3. The lowest BCUT2D eigenvalue weighted by molar-refractivity contribution is -0.254. The molecule has 0 radical (unpaired) electrons. The summed E-state index contributed by atoms with van der Waals surface area (Å²) < 4.78 is 1.40. The number of carbonyl (C=O) groups is 1. The van der Waals surface area contributed by atoms with Gasteiger partial charge in [0, 0.05) is 5.56 Å². The van der Waals surface area contributed by atoms with E-state index < -0.39 is 5.97 Å². The van der Waals surface area contributed by atoms with E-state index in [9.17, 15) is 9.90 Å². The Balaban J connectivity index is 2.24. The molecule has 104 valence electrons. The number of carbonyl (C=O) groups excluding carboxylic acids is 1. The second kappa shape index (κ2) is 5.42. The molecule has 1 aromatic heterocycles. The zero-order valence-corrected chi connectivity index (χ0v) is 11.6. The lowest BCUT2D eigenvalue weighted by Crippen LogP contribution is -2.23. The van der Waals surface area contributed by atoms with Crippen molar-refractivity contribution in [2.24, 2.45) is 0 Å². The first kappa shape index (κ1) is 13.4. The quantitative estimate of drug-likeness (QED) is 0.746. The van der Waals surface area contributed by atoms with Crippen LogP contribution < -0.4 is 5.11 Å². The predicted octanol–water partition coefficient (Wildman–Crippen LogP) is 2.56. The van der Waals surface area contributed by atoms with Crippen LogP contribution >= 0.6 is 11.6 Å². The number of halogens is 1. The molecule has 0 saturated carbocycles. The van der Waals surface area contributed by atoms with Gasteiger partial charge >= 0.3 is 0 Å².